The summed E-state index contributed by atoms with van der Waals surface area (Å²) in [6.45, 7) is 1.62. The number of amides is 1. The Kier molecular flexibility index (Phi) is 6.72. The first kappa shape index (κ1) is 21.8. The molecule has 0 bridgehead atoms. The fourth-order valence-electron chi connectivity index (χ4n) is 4.21. The quantitative estimate of drug-likeness (QED) is 0.645. The molecule has 1 saturated heterocycles. The topological polar surface area (TPSA) is 100 Å². The van der Waals surface area contributed by atoms with E-state index in [2.05, 4.69) is 16.7 Å². The number of nitriles is 1. The van der Waals surface area contributed by atoms with E-state index < -0.39 is 6.04 Å². The van der Waals surface area contributed by atoms with Crippen molar-refractivity contribution >= 4 is 17.0 Å². The van der Waals surface area contributed by atoms with Crippen molar-refractivity contribution in [2.24, 2.45) is 13.0 Å². The smallest absolute Gasteiger partial charge is 0.408 e. The van der Waals surface area contributed by atoms with E-state index in [0.29, 0.717) is 18.5 Å². The SMILES string of the molecule is Cn1c(=O)oc2ccc(-c3ccc(CC(C#N)NC(=O)C4CCCCCNC4)cc3)cc21. The van der Waals surface area contributed by atoms with E-state index in [1.54, 1.807) is 13.1 Å². The van der Waals surface area contributed by atoms with Crippen molar-refractivity contribution in [3.63, 3.8) is 0 Å². The molecule has 7 heteroatoms. The van der Waals surface area contributed by atoms with Crippen LogP contribution in [0.25, 0.3) is 22.2 Å². The van der Waals surface area contributed by atoms with Crippen LogP contribution in [0.2, 0.25) is 0 Å². The zero-order valence-electron chi connectivity index (χ0n) is 18.3. The number of hydrogen-bond acceptors (Lipinski definition) is 5. The maximum absolute atomic E-state index is 12.7. The third-order valence-corrected chi connectivity index (χ3v) is 6.16. The monoisotopic (exact) mass is 432 g/mol. The van der Waals surface area contributed by atoms with Gasteiger partial charge in [0.1, 0.15) is 6.04 Å². The maximum atomic E-state index is 12.7. The van der Waals surface area contributed by atoms with Crippen LogP contribution in [0.4, 0.5) is 0 Å². The summed E-state index contributed by atoms with van der Waals surface area (Å²) in [5, 5.41) is 15.8. The lowest BCUT2D eigenvalue weighted by Crippen LogP contribution is -2.43. The van der Waals surface area contributed by atoms with E-state index in [-0.39, 0.29) is 17.6 Å². The minimum Gasteiger partial charge on any atom is -0.408 e. The predicted molar refractivity (Wildman–Crippen MR) is 123 cm³/mol. The first-order valence-corrected chi connectivity index (χ1v) is 11.1. The Morgan fingerprint density at radius 2 is 2.00 bits per heavy atom. The molecule has 0 spiro atoms. The van der Waals surface area contributed by atoms with Crippen LogP contribution in [0.3, 0.4) is 0 Å². The number of fused-ring (bicyclic) bond motifs is 1. The van der Waals surface area contributed by atoms with Crippen molar-refractivity contribution in [3.8, 4) is 17.2 Å². The second-order valence-corrected chi connectivity index (χ2v) is 8.45. The molecule has 1 aliphatic rings. The minimum absolute atomic E-state index is 0.0402. The fraction of sp³-hybridized carbons (Fsp3) is 0.400. The molecule has 1 amide bonds. The number of nitrogens with one attached hydrogen (secondary N) is 2. The van der Waals surface area contributed by atoms with Crippen molar-refractivity contribution in [1.82, 2.24) is 15.2 Å². The molecule has 1 aliphatic heterocycles. The second kappa shape index (κ2) is 9.84. The summed E-state index contributed by atoms with van der Waals surface area (Å²) in [6.07, 6.45) is 4.65. The van der Waals surface area contributed by atoms with Gasteiger partial charge in [-0.1, -0.05) is 43.2 Å². The summed E-state index contributed by atoms with van der Waals surface area (Å²) in [4.78, 5) is 24.4. The number of carbonyl (C=O) groups is 1. The molecule has 2 heterocycles. The van der Waals surface area contributed by atoms with Crippen LogP contribution in [-0.2, 0) is 18.3 Å². The zero-order valence-corrected chi connectivity index (χ0v) is 18.3. The lowest BCUT2D eigenvalue weighted by atomic mass is 9.97. The summed E-state index contributed by atoms with van der Waals surface area (Å²) in [5.41, 5.74) is 4.26. The van der Waals surface area contributed by atoms with E-state index in [1.807, 2.05) is 36.4 Å². The Morgan fingerprint density at radius 3 is 2.78 bits per heavy atom. The number of nitrogens with zero attached hydrogens (tertiary/aromatic N) is 2. The Bertz CT molecular complexity index is 1180. The molecule has 166 valence electrons. The molecule has 2 atom stereocenters. The highest BCUT2D eigenvalue weighted by atomic mass is 16.4. The van der Waals surface area contributed by atoms with Gasteiger partial charge in [0.2, 0.25) is 5.91 Å². The van der Waals surface area contributed by atoms with Crippen LogP contribution in [0.1, 0.15) is 31.2 Å². The van der Waals surface area contributed by atoms with Gasteiger partial charge in [0, 0.05) is 20.0 Å². The zero-order chi connectivity index (χ0) is 22.5. The normalized spacial score (nSPS) is 17.8. The fourth-order valence-corrected chi connectivity index (χ4v) is 4.21. The molecule has 3 aromatic rings. The molecule has 0 aliphatic carbocycles. The van der Waals surface area contributed by atoms with E-state index in [1.165, 1.54) is 4.57 Å². The van der Waals surface area contributed by atoms with Gasteiger partial charge in [0.05, 0.1) is 17.5 Å². The molecule has 0 radical (unpaired) electrons. The molecule has 1 aromatic heterocycles. The summed E-state index contributed by atoms with van der Waals surface area (Å²) in [7, 11) is 1.68. The molecule has 2 unspecified atom stereocenters. The summed E-state index contributed by atoms with van der Waals surface area (Å²) >= 11 is 0. The highest BCUT2D eigenvalue weighted by Gasteiger charge is 2.22. The van der Waals surface area contributed by atoms with Crippen molar-refractivity contribution in [3.05, 3.63) is 58.6 Å². The number of aromatic nitrogens is 1. The number of benzene rings is 2. The average Bonchev–Trinajstić information content (AvgIpc) is 3.06. The average molecular weight is 433 g/mol. The van der Waals surface area contributed by atoms with Crippen LogP contribution < -0.4 is 16.4 Å². The minimum atomic E-state index is -0.560. The molecule has 4 rings (SSSR count). The first-order valence-electron chi connectivity index (χ1n) is 11.1. The summed E-state index contributed by atoms with van der Waals surface area (Å²) < 4.78 is 6.68. The lowest BCUT2D eigenvalue weighted by molar-refractivity contribution is -0.125. The van der Waals surface area contributed by atoms with Crippen LogP contribution in [0.15, 0.2) is 51.7 Å². The van der Waals surface area contributed by atoms with Gasteiger partial charge >= 0.3 is 5.76 Å². The highest BCUT2D eigenvalue weighted by molar-refractivity contribution is 5.81. The van der Waals surface area contributed by atoms with Gasteiger partial charge < -0.3 is 15.1 Å². The van der Waals surface area contributed by atoms with Crippen molar-refractivity contribution in [2.75, 3.05) is 13.1 Å². The van der Waals surface area contributed by atoms with E-state index >= 15 is 0 Å². The third-order valence-electron chi connectivity index (χ3n) is 6.16. The molecular weight excluding hydrogens is 404 g/mol. The van der Waals surface area contributed by atoms with Crippen molar-refractivity contribution < 1.29 is 9.21 Å². The van der Waals surface area contributed by atoms with Gasteiger partial charge in [-0.25, -0.2) is 4.79 Å². The van der Waals surface area contributed by atoms with Gasteiger partial charge in [0.15, 0.2) is 5.58 Å². The van der Waals surface area contributed by atoms with Crippen LogP contribution >= 0.6 is 0 Å². The number of carbonyl (C=O) groups excluding carboxylic acids is 1. The van der Waals surface area contributed by atoms with Crippen LogP contribution in [0.5, 0.6) is 0 Å². The number of oxazole rings is 1. The summed E-state index contributed by atoms with van der Waals surface area (Å²) in [6, 6.07) is 15.2. The number of rotatable bonds is 5. The molecule has 7 nitrogen and oxygen atoms in total. The van der Waals surface area contributed by atoms with Gasteiger partial charge in [-0.05, 0) is 48.2 Å². The standard InChI is InChI=1S/C25H28N4O3/c1-29-22-14-19(10-11-23(22)32-25(29)31)18-8-6-17(7-9-18)13-21(15-26)28-24(30)20-5-3-2-4-12-27-16-20/h6-11,14,20-21,27H,2-5,12-13,16H2,1H3,(H,28,30). The maximum Gasteiger partial charge on any atom is 0.419 e. The molecule has 1 fully saturated rings. The molecule has 32 heavy (non-hydrogen) atoms. The van der Waals surface area contributed by atoms with E-state index in [0.717, 1.165) is 54.4 Å². The number of aryl methyl sites for hydroxylation is 1. The van der Waals surface area contributed by atoms with Gasteiger partial charge in [-0.2, -0.15) is 5.26 Å². The Labute approximate surface area is 187 Å². The molecule has 2 N–H and O–H groups in total. The van der Waals surface area contributed by atoms with Gasteiger partial charge in [-0.15, -0.1) is 0 Å². The van der Waals surface area contributed by atoms with Crippen LogP contribution in [0, 0.1) is 17.2 Å². The van der Waals surface area contributed by atoms with Gasteiger partial charge in [-0.3, -0.25) is 9.36 Å². The van der Waals surface area contributed by atoms with Crippen molar-refractivity contribution in [2.45, 2.75) is 38.1 Å². The Balaban J connectivity index is 1.42. The molecule has 0 saturated carbocycles. The van der Waals surface area contributed by atoms with E-state index in [4.69, 9.17) is 4.42 Å². The first-order chi connectivity index (χ1) is 15.5. The number of hydrogen-bond donors (Lipinski definition) is 2. The summed E-state index contributed by atoms with van der Waals surface area (Å²) in [5.74, 6) is -0.504. The van der Waals surface area contributed by atoms with Gasteiger partial charge in [0.25, 0.3) is 0 Å². The second-order valence-electron chi connectivity index (χ2n) is 8.45. The van der Waals surface area contributed by atoms with Crippen molar-refractivity contribution in [1.29, 1.82) is 5.26 Å². The Morgan fingerprint density at radius 1 is 1.22 bits per heavy atom. The third kappa shape index (κ3) is 4.92. The molecule has 2 aromatic carbocycles. The van der Waals surface area contributed by atoms with E-state index in [9.17, 15) is 14.9 Å². The van der Waals surface area contributed by atoms with Crippen LogP contribution in [-0.4, -0.2) is 29.6 Å². The largest absolute Gasteiger partial charge is 0.419 e. The Hall–Kier alpha value is -3.37. The molecular formula is C25H28N4O3. The predicted octanol–water partition coefficient (Wildman–Crippen LogP) is 3.13. The highest BCUT2D eigenvalue weighted by Crippen LogP contribution is 2.24. The lowest BCUT2D eigenvalue weighted by Gasteiger charge is -2.21.